The van der Waals surface area contributed by atoms with Gasteiger partial charge in [0.15, 0.2) is 0 Å². The zero-order chi connectivity index (χ0) is 22.7. The molecule has 0 aliphatic carbocycles. The van der Waals surface area contributed by atoms with E-state index in [1.54, 1.807) is 0 Å². The van der Waals surface area contributed by atoms with Crippen molar-refractivity contribution in [2.24, 2.45) is 5.84 Å². The monoisotopic (exact) mass is 420 g/mol. The molecule has 4 aromatic carbocycles. The number of nitrogen functional groups attached to an aromatic ring is 1. The van der Waals surface area contributed by atoms with Gasteiger partial charge in [-0.1, -0.05) is 86.6 Å². The Kier molecular flexibility index (Phi) is 6.43. The van der Waals surface area contributed by atoms with Crippen molar-refractivity contribution in [3.05, 3.63) is 101 Å². The molecule has 4 aromatic rings. The Morgan fingerprint density at radius 3 is 1.69 bits per heavy atom. The van der Waals surface area contributed by atoms with E-state index in [9.17, 15) is 0 Å². The highest BCUT2D eigenvalue weighted by Gasteiger charge is 2.23. The Morgan fingerprint density at radius 1 is 0.594 bits per heavy atom. The van der Waals surface area contributed by atoms with Crippen LogP contribution < -0.4 is 11.3 Å². The van der Waals surface area contributed by atoms with E-state index in [0.717, 1.165) is 18.5 Å². The number of anilines is 1. The Balaban J connectivity index is 2.23. The predicted molar refractivity (Wildman–Crippen MR) is 139 cm³/mol. The standard InChI is InChI=1S/C30H32N2/c1-5-22-16-10-12-20(3)27(22)29-25(24-14-8-7-9-15-24)18-19-26(32-31)30(29)28-21(4)13-11-17-23(28)6-2/h7-19,32H,5-6,31H2,1-4H3. The van der Waals surface area contributed by atoms with Gasteiger partial charge in [0, 0.05) is 11.1 Å². The van der Waals surface area contributed by atoms with Crippen LogP contribution in [0.25, 0.3) is 33.4 Å². The van der Waals surface area contributed by atoms with Gasteiger partial charge in [0.1, 0.15) is 0 Å². The van der Waals surface area contributed by atoms with Crippen molar-refractivity contribution in [2.45, 2.75) is 40.5 Å². The highest BCUT2D eigenvalue weighted by Crippen LogP contribution is 2.48. The second kappa shape index (κ2) is 9.42. The van der Waals surface area contributed by atoms with Crippen LogP contribution >= 0.6 is 0 Å². The molecule has 0 aliphatic heterocycles. The van der Waals surface area contributed by atoms with Crippen LogP contribution in [0, 0.1) is 13.8 Å². The summed E-state index contributed by atoms with van der Waals surface area (Å²) >= 11 is 0. The first-order valence-electron chi connectivity index (χ1n) is 11.5. The van der Waals surface area contributed by atoms with E-state index in [1.165, 1.54) is 55.6 Å². The molecule has 0 saturated heterocycles. The number of nitrogens with one attached hydrogen (secondary N) is 1. The second-order valence-electron chi connectivity index (χ2n) is 8.35. The average Bonchev–Trinajstić information content (AvgIpc) is 2.83. The molecule has 0 heterocycles. The molecule has 0 atom stereocenters. The smallest absolute Gasteiger partial charge is 0.0570 e. The molecule has 0 fully saturated rings. The minimum absolute atomic E-state index is 0.953. The van der Waals surface area contributed by atoms with Gasteiger partial charge in [0.05, 0.1) is 5.69 Å². The minimum atomic E-state index is 0.953. The number of hydrogen-bond donors (Lipinski definition) is 2. The van der Waals surface area contributed by atoms with Crippen molar-refractivity contribution < 1.29 is 0 Å². The molecule has 0 bridgehead atoms. The fourth-order valence-electron chi connectivity index (χ4n) is 4.86. The van der Waals surface area contributed by atoms with Crippen LogP contribution in [0.1, 0.15) is 36.1 Å². The lowest BCUT2D eigenvalue weighted by atomic mass is 9.80. The summed E-state index contributed by atoms with van der Waals surface area (Å²) in [5.41, 5.74) is 16.7. The third kappa shape index (κ3) is 3.83. The van der Waals surface area contributed by atoms with E-state index < -0.39 is 0 Å². The van der Waals surface area contributed by atoms with Gasteiger partial charge < -0.3 is 5.43 Å². The van der Waals surface area contributed by atoms with Crippen molar-refractivity contribution in [1.29, 1.82) is 0 Å². The SMILES string of the molecule is CCc1cccc(C)c1-c1c(NN)ccc(-c2ccccc2)c1-c1c(C)cccc1CC. The summed E-state index contributed by atoms with van der Waals surface area (Å²) in [6.45, 7) is 8.87. The molecular formula is C30H32N2. The number of nitrogens with two attached hydrogens (primary N) is 1. The predicted octanol–water partition coefficient (Wildman–Crippen LogP) is 7.71. The van der Waals surface area contributed by atoms with Crippen molar-refractivity contribution in [3.63, 3.8) is 0 Å². The second-order valence-corrected chi connectivity index (χ2v) is 8.35. The lowest BCUT2D eigenvalue weighted by Crippen LogP contribution is -2.10. The molecule has 0 spiro atoms. The van der Waals surface area contributed by atoms with Crippen LogP contribution in [-0.2, 0) is 12.8 Å². The number of hydrogen-bond acceptors (Lipinski definition) is 2. The summed E-state index contributed by atoms with van der Waals surface area (Å²) < 4.78 is 0. The minimum Gasteiger partial charge on any atom is -0.323 e. The molecule has 4 rings (SSSR count). The van der Waals surface area contributed by atoms with Crippen molar-refractivity contribution in [3.8, 4) is 33.4 Å². The van der Waals surface area contributed by atoms with Crippen LogP contribution in [-0.4, -0.2) is 0 Å². The largest absolute Gasteiger partial charge is 0.323 e. The van der Waals surface area contributed by atoms with Crippen LogP contribution in [0.2, 0.25) is 0 Å². The fraction of sp³-hybridized carbons (Fsp3) is 0.200. The lowest BCUT2D eigenvalue weighted by Gasteiger charge is -2.25. The first-order chi connectivity index (χ1) is 15.6. The molecule has 2 nitrogen and oxygen atoms in total. The Morgan fingerprint density at radius 2 is 1.16 bits per heavy atom. The van der Waals surface area contributed by atoms with Crippen LogP contribution in [0.15, 0.2) is 78.9 Å². The van der Waals surface area contributed by atoms with Crippen LogP contribution in [0.3, 0.4) is 0 Å². The molecule has 0 saturated carbocycles. The van der Waals surface area contributed by atoms with E-state index in [0.29, 0.717) is 0 Å². The lowest BCUT2D eigenvalue weighted by molar-refractivity contribution is 1.13. The highest BCUT2D eigenvalue weighted by molar-refractivity contribution is 6.02. The van der Waals surface area contributed by atoms with Gasteiger partial charge in [-0.2, -0.15) is 0 Å². The summed E-state index contributed by atoms with van der Waals surface area (Å²) in [6.07, 6.45) is 1.93. The first-order valence-corrected chi connectivity index (χ1v) is 11.5. The topological polar surface area (TPSA) is 38.0 Å². The molecule has 0 amide bonds. The van der Waals surface area contributed by atoms with Crippen LogP contribution in [0.5, 0.6) is 0 Å². The third-order valence-corrected chi connectivity index (χ3v) is 6.43. The summed E-state index contributed by atoms with van der Waals surface area (Å²) in [4.78, 5) is 0. The maximum atomic E-state index is 6.12. The van der Waals surface area contributed by atoms with Crippen molar-refractivity contribution in [1.82, 2.24) is 0 Å². The maximum absolute atomic E-state index is 6.12. The molecule has 0 unspecified atom stereocenters. The molecular weight excluding hydrogens is 388 g/mol. The summed E-state index contributed by atoms with van der Waals surface area (Å²) in [5, 5.41) is 0. The van der Waals surface area contributed by atoms with Crippen LogP contribution in [0.4, 0.5) is 5.69 Å². The average molecular weight is 421 g/mol. The number of benzene rings is 4. The zero-order valence-corrected chi connectivity index (χ0v) is 19.5. The summed E-state index contributed by atoms with van der Waals surface area (Å²) in [7, 11) is 0. The molecule has 0 aliphatic rings. The van der Waals surface area contributed by atoms with Gasteiger partial charge in [-0.3, -0.25) is 5.84 Å². The van der Waals surface area contributed by atoms with Gasteiger partial charge in [0.2, 0.25) is 0 Å². The molecule has 32 heavy (non-hydrogen) atoms. The third-order valence-electron chi connectivity index (χ3n) is 6.43. The van der Waals surface area contributed by atoms with E-state index in [2.05, 4.69) is 112 Å². The normalized spacial score (nSPS) is 10.9. The molecule has 2 heteroatoms. The molecule has 3 N–H and O–H groups in total. The number of aryl methyl sites for hydroxylation is 4. The van der Waals surface area contributed by atoms with E-state index in [1.807, 2.05) is 0 Å². The van der Waals surface area contributed by atoms with Gasteiger partial charge in [-0.05, 0) is 77.3 Å². The van der Waals surface area contributed by atoms with Gasteiger partial charge in [-0.15, -0.1) is 0 Å². The highest BCUT2D eigenvalue weighted by atomic mass is 15.2. The number of rotatable bonds is 6. The molecule has 162 valence electrons. The van der Waals surface area contributed by atoms with Gasteiger partial charge in [-0.25, -0.2) is 0 Å². The fourth-order valence-corrected chi connectivity index (χ4v) is 4.86. The van der Waals surface area contributed by atoms with E-state index >= 15 is 0 Å². The van der Waals surface area contributed by atoms with E-state index in [4.69, 9.17) is 5.84 Å². The zero-order valence-electron chi connectivity index (χ0n) is 19.5. The Labute approximate surface area is 192 Å². The van der Waals surface area contributed by atoms with E-state index in [-0.39, 0.29) is 0 Å². The molecule has 0 radical (unpaired) electrons. The summed E-state index contributed by atoms with van der Waals surface area (Å²) in [6, 6.07) is 28.2. The van der Waals surface area contributed by atoms with Gasteiger partial charge in [0.25, 0.3) is 0 Å². The van der Waals surface area contributed by atoms with Gasteiger partial charge >= 0.3 is 0 Å². The Hall–Kier alpha value is -3.36. The Bertz CT molecular complexity index is 1240. The summed E-state index contributed by atoms with van der Waals surface area (Å²) in [5.74, 6) is 6.12. The maximum Gasteiger partial charge on any atom is 0.0570 e. The molecule has 0 aromatic heterocycles. The van der Waals surface area contributed by atoms with Crippen molar-refractivity contribution in [2.75, 3.05) is 5.43 Å². The van der Waals surface area contributed by atoms with Crippen molar-refractivity contribution >= 4 is 5.69 Å². The quantitative estimate of drug-likeness (QED) is 0.247. The first kappa shape index (κ1) is 21.9. The number of hydrazine groups is 1.